The lowest BCUT2D eigenvalue weighted by Gasteiger charge is -2.09. The summed E-state index contributed by atoms with van der Waals surface area (Å²) in [5, 5.41) is 29.2. The summed E-state index contributed by atoms with van der Waals surface area (Å²) < 4.78 is 5.88. The molecule has 0 amide bonds. The first-order valence-corrected chi connectivity index (χ1v) is 7.94. The van der Waals surface area contributed by atoms with Crippen LogP contribution in [0.4, 0.5) is 17.1 Å². The topological polar surface area (TPSA) is 108 Å². The number of nitro groups is 1. The number of nitrogens with one attached hydrogen (secondary N) is 1. The number of rotatable bonds is 3. The van der Waals surface area contributed by atoms with Crippen LogP contribution in [0.15, 0.2) is 37.8 Å². The van der Waals surface area contributed by atoms with Crippen LogP contribution in [0.5, 0.6) is 0 Å². The van der Waals surface area contributed by atoms with Gasteiger partial charge < -0.3 is 10.5 Å². The molecule has 0 spiro atoms. The van der Waals surface area contributed by atoms with E-state index in [4.69, 9.17) is 11.6 Å². The van der Waals surface area contributed by atoms with Gasteiger partial charge in [-0.15, -0.1) is 0 Å². The van der Waals surface area contributed by atoms with Crippen molar-refractivity contribution in [3.05, 3.63) is 53.6 Å². The Bertz CT molecular complexity index is 946. The number of anilines is 2. The molecule has 118 valence electrons. The van der Waals surface area contributed by atoms with E-state index >= 15 is 0 Å². The molecule has 11 heteroatoms. The van der Waals surface area contributed by atoms with Gasteiger partial charge in [0.2, 0.25) is 5.52 Å². The molecule has 0 radical (unpaired) electrons. The Morgan fingerprint density at radius 3 is 2.83 bits per heavy atom. The molecule has 23 heavy (non-hydrogen) atoms. The normalized spacial score (nSPS) is 10.9. The van der Waals surface area contributed by atoms with Gasteiger partial charge in [-0.3, -0.25) is 14.7 Å². The second-order valence-corrected chi connectivity index (χ2v) is 6.42. The molecule has 1 N–H and O–H groups in total. The molecule has 0 saturated heterocycles. The zero-order valence-electron chi connectivity index (χ0n) is 10.9. The van der Waals surface area contributed by atoms with Crippen molar-refractivity contribution in [1.29, 1.82) is 0 Å². The fourth-order valence-electron chi connectivity index (χ4n) is 2.00. The maximum Gasteiger partial charge on any atom is 0.316 e. The van der Waals surface area contributed by atoms with Crippen molar-refractivity contribution in [3.63, 3.8) is 0 Å². The molecule has 3 rings (SSSR count). The van der Waals surface area contributed by atoms with Gasteiger partial charge in [0, 0.05) is 15.7 Å². The zero-order chi connectivity index (χ0) is 16.7. The van der Waals surface area contributed by atoms with Gasteiger partial charge in [-0.1, -0.05) is 17.7 Å². The fraction of sp³-hybridized carbons (Fsp3) is 0. The molecule has 0 unspecified atom stereocenters. The van der Waals surface area contributed by atoms with E-state index in [0.717, 1.165) is 10.5 Å². The van der Waals surface area contributed by atoms with Crippen LogP contribution >= 0.6 is 43.5 Å². The molecule has 0 aliphatic carbocycles. The van der Waals surface area contributed by atoms with Gasteiger partial charge in [-0.2, -0.15) is 0 Å². The van der Waals surface area contributed by atoms with E-state index in [1.807, 2.05) is 0 Å². The molecule has 0 atom stereocenters. The molecule has 0 bridgehead atoms. The van der Waals surface area contributed by atoms with Crippen LogP contribution in [0.3, 0.4) is 0 Å². The van der Waals surface area contributed by atoms with E-state index < -0.39 is 10.6 Å². The molecule has 1 aromatic heterocycles. The minimum Gasteiger partial charge on any atom is -0.359 e. The summed E-state index contributed by atoms with van der Waals surface area (Å²) in [4.78, 5) is 10.8. The summed E-state index contributed by atoms with van der Waals surface area (Å²) in [7, 11) is 0. The van der Waals surface area contributed by atoms with Crippen molar-refractivity contribution < 1.29 is 14.5 Å². The predicted molar refractivity (Wildman–Crippen MR) is 89.8 cm³/mol. The van der Waals surface area contributed by atoms with Crippen LogP contribution in [0, 0.1) is 15.3 Å². The average Bonchev–Trinajstić information content (AvgIpc) is 2.85. The van der Waals surface area contributed by atoms with Gasteiger partial charge in [0.1, 0.15) is 5.02 Å². The average molecular weight is 464 g/mol. The van der Waals surface area contributed by atoms with Crippen molar-refractivity contribution >= 4 is 71.6 Å². The molecule has 0 aliphatic heterocycles. The SMILES string of the molecule is O=[N+]([O-])c1c(Cl)cc2c(no[n+]2[O-])c1Nc1cccc(Br)c1Br. The van der Waals surface area contributed by atoms with E-state index in [9.17, 15) is 15.3 Å². The van der Waals surface area contributed by atoms with Crippen molar-refractivity contribution in [1.82, 2.24) is 5.16 Å². The minimum atomic E-state index is -0.653. The predicted octanol–water partition coefficient (Wildman–Crippen LogP) is 4.29. The standard InChI is InChI=1S/C12H5Br2ClN4O4/c13-5-2-1-3-7(9(5)14)16-11-10-8(19(22)23-17-10)4-6(15)12(11)18(20)21/h1-4,16H. The molecule has 0 fully saturated rings. The van der Waals surface area contributed by atoms with Crippen LogP contribution in [0.2, 0.25) is 5.02 Å². The third-order valence-electron chi connectivity index (χ3n) is 3.00. The number of benzene rings is 2. The summed E-state index contributed by atoms with van der Waals surface area (Å²) in [6.07, 6.45) is 0. The van der Waals surface area contributed by atoms with E-state index in [1.165, 1.54) is 0 Å². The summed E-state index contributed by atoms with van der Waals surface area (Å²) in [5.41, 5.74) is 0.0678. The highest BCUT2D eigenvalue weighted by molar-refractivity contribution is 9.13. The van der Waals surface area contributed by atoms with Crippen LogP contribution in [0.25, 0.3) is 11.0 Å². The van der Waals surface area contributed by atoms with Crippen molar-refractivity contribution in [2.24, 2.45) is 0 Å². The second-order valence-electron chi connectivity index (χ2n) is 4.36. The van der Waals surface area contributed by atoms with Crippen LogP contribution in [-0.4, -0.2) is 10.1 Å². The Hall–Kier alpha value is -1.91. The maximum atomic E-state index is 11.6. The van der Waals surface area contributed by atoms with Crippen molar-refractivity contribution in [2.45, 2.75) is 0 Å². The van der Waals surface area contributed by atoms with Gasteiger partial charge >= 0.3 is 5.69 Å². The Morgan fingerprint density at radius 2 is 2.13 bits per heavy atom. The number of hydrogen-bond acceptors (Lipinski definition) is 6. The monoisotopic (exact) mass is 462 g/mol. The Balaban J connectivity index is 2.28. The first-order valence-electron chi connectivity index (χ1n) is 5.97. The lowest BCUT2D eigenvalue weighted by molar-refractivity contribution is -0.782. The summed E-state index contributed by atoms with van der Waals surface area (Å²) >= 11 is 12.6. The van der Waals surface area contributed by atoms with Crippen molar-refractivity contribution in [2.75, 3.05) is 5.32 Å². The number of fused-ring (bicyclic) bond motifs is 1. The first kappa shape index (κ1) is 16.0. The number of hydrogen-bond donors (Lipinski definition) is 1. The van der Waals surface area contributed by atoms with E-state index in [1.54, 1.807) is 18.2 Å². The van der Waals surface area contributed by atoms with E-state index in [2.05, 4.69) is 47.0 Å². The lowest BCUT2D eigenvalue weighted by atomic mass is 10.2. The van der Waals surface area contributed by atoms with Crippen LogP contribution in [0.1, 0.15) is 0 Å². The quantitative estimate of drug-likeness (QED) is 0.352. The zero-order valence-corrected chi connectivity index (χ0v) is 14.8. The molecule has 0 aliphatic rings. The Kier molecular flexibility index (Phi) is 4.13. The van der Waals surface area contributed by atoms with Gasteiger partial charge in [0.15, 0.2) is 5.69 Å². The Labute approximate surface area is 150 Å². The minimum absolute atomic E-state index is 0.00276. The highest BCUT2D eigenvalue weighted by Gasteiger charge is 2.29. The molecule has 8 nitrogen and oxygen atoms in total. The number of aromatic nitrogens is 2. The smallest absolute Gasteiger partial charge is 0.316 e. The van der Waals surface area contributed by atoms with Gasteiger partial charge in [0.25, 0.3) is 5.52 Å². The van der Waals surface area contributed by atoms with Crippen LogP contribution in [-0.2, 0) is 0 Å². The first-order chi connectivity index (χ1) is 10.9. The fourth-order valence-corrected chi connectivity index (χ4v) is 3.00. The molecule has 3 aromatic rings. The Morgan fingerprint density at radius 1 is 1.39 bits per heavy atom. The molecular formula is C12H5Br2ClN4O4. The summed E-state index contributed by atoms with van der Waals surface area (Å²) in [5.74, 6) is 0. The molecule has 0 saturated carbocycles. The second kappa shape index (κ2) is 5.95. The lowest BCUT2D eigenvalue weighted by Crippen LogP contribution is -2.22. The highest BCUT2D eigenvalue weighted by atomic mass is 79.9. The van der Waals surface area contributed by atoms with E-state index in [-0.39, 0.29) is 26.6 Å². The highest BCUT2D eigenvalue weighted by Crippen LogP contribution is 2.41. The van der Waals surface area contributed by atoms with Crippen molar-refractivity contribution in [3.8, 4) is 0 Å². The summed E-state index contributed by atoms with van der Waals surface area (Å²) in [6, 6.07) is 6.36. The molecule has 1 heterocycles. The largest absolute Gasteiger partial charge is 0.359 e. The third kappa shape index (κ3) is 2.73. The maximum absolute atomic E-state index is 11.6. The number of nitro benzene ring substituents is 1. The molecular weight excluding hydrogens is 459 g/mol. The number of halogens is 3. The molecule has 2 aromatic carbocycles. The number of nitrogens with zero attached hydrogens (tertiary/aromatic N) is 3. The van der Waals surface area contributed by atoms with E-state index in [0.29, 0.717) is 10.2 Å². The third-order valence-corrected chi connectivity index (χ3v) is 5.34. The van der Waals surface area contributed by atoms with Gasteiger partial charge in [0.05, 0.1) is 15.1 Å². The summed E-state index contributed by atoms with van der Waals surface area (Å²) in [6.45, 7) is 0. The van der Waals surface area contributed by atoms with Gasteiger partial charge in [-0.25, -0.2) is 0 Å². The van der Waals surface area contributed by atoms with Crippen LogP contribution < -0.4 is 10.2 Å². The van der Waals surface area contributed by atoms with Gasteiger partial charge in [-0.05, 0) is 48.9 Å².